The molecule has 0 heterocycles. The van der Waals surface area contributed by atoms with Gasteiger partial charge in [0.25, 0.3) is 0 Å². The van der Waals surface area contributed by atoms with Gasteiger partial charge in [-0.3, -0.25) is 5.41 Å². The second kappa shape index (κ2) is 9.31. The molecule has 0 aliphatic rings. The number of nitrogen functional groups attached to an aromatic ring is 1. The molecule has 0 spiro atoms. The maximum Gasteiger partial charge on any atom is 0.341 e. The molecule has 0 radical (unpaired) electrons. The Balaban J connectivity index is 2.50. The Hall–Kier alpha value is -3.95. The third-order valence-electron chi connectivity index (χ3n) is 3.92. The zero-order chi connectivity index (χ0) is 21.6. The van der Waals surface area contributed by atoms with Crippen LogP contribution in [0.4, 0.5) is 5.69 Å². The summed E-state index contributed by atoms with van der Waals surface area (Å²) >= 11 is 0. The number of nitrogens with one attached hydrogen (secondary N) is 2. The third-order valence-corrected chi connectivity index (χ3v) is 3.92. The Morgan fingerprint density at radius 2 is 1.79 bits per heavy atom. The first-order chi connectivity index (χ1) is 13.8. The highest BCUT2D eigenvalue weighted by Crippen LogP contribution is 2.40. The molecule has 2 aromatic carbocycles. The number of anilines is 1. The lowest BCUT2D eigenvalue weighted by Crippen LogP contribution is -2.22. The van der Waals surface area contributed by atoms with Gasteiger partial charge in [-0.2, -0.15) is 0 Å². The lowest BCUT2D eigenvalue weighted by Gasteiger charge is -2.22. The van der Waals surface area contributed by atoms with E-state index in [1.807, 2.05) is 0 Å². The van der Waals surface area contributed by atoms with Crippen LogP contribution in [0.2, 0.25) is 0 Å². The second-order valence-corrected chi connectivity index (χ2v) is 5.84. The summed E-state index contributed by atoms with van der Waals surface area (Å²) in [6.45, 7) is -0.685. The predicted octanol–water partition coefficient (Wildman–Crippen LogP) is 1.69. The van der Waals surface area contributed by atoms with E-state index in [0.717, 1.165) is 0 Å². The van der Waals surface area contributed by atoms with Crippen molar-refractivity contribution in [2.45, 2.75) is 6.04 Å². The van der Waals surface area contributed by atoms with E-state index >= 15 is 0 Å². The molecule has 0 saturated heterocycles. The van der Waals surface area contributed by atoms with E-state index in [0.29, 0.717) is 17.0 Å². The molecule has 2 rings (SSSR count). The van der Waals surface area contributed by atoms with Crippen LogP contribution in [0.5, 0.6) is 17.2 Å². The third kappa shape index (κ3) is 5.28. The topological polar surface area (TPSA) is 164 Å². The maximum atomic E-state index is 12.0. The van der Waals surface area contributed by atoms with E-state index in [1.54, 1.807) is 24.3 Å². The van der Waals surface area contributed by atoms with Gasteiger partial charge < -0.3 is 35.5 Å². The van der Waals surface area contributed by atoms with E-state index < -0.39 is 24.6 Å². The van der Waals surface area contributed by atoms with Crippen LogP contribution in [0.1, 0.15) is 17.2 Å². The molecule has 2 aromatic rings. The van der Waals surface area contributed by atoms with E-state index in [4.69, 9.17) is 30.5 Å². The molecule has 0 saturated carbocycles. The van der Waals surface area contributed by atoms with E-state index in [9.17, 15) is 14.7 Å². The number of carbonyl (C=O) groups is 2. The molecule has 0 aliphatic heterocycles. The minimum Gasteiger partial charge on any atom is -0.497 e. The number of ether oxygens (including phenoxy) is 3. The second-order valence-electron chi connectivity index (χ2n) is 5.84. The first-order valence-electron chi connectivity index (χ1n) is 8.31. The van der Waals surface area contributed by atoms with Gasteiger partial charge in [0, 0.05) is 22.9 Å². The van der Waals surface area contributed by atoms with Crippen molar-refractivity contribution in [1.82, 2.24) is 0 Å². The summed E-state index contributed by atoms with van der Waals surface area (Å²) in [6, 6.07) is 7.85. The van der Waals surface area contributed by atoms with Crippen molar-refractivity contribution in [2.24, 2.45) is 5.73 Å². The summed E-state index contributed by atoms with van der Waals surface area (Å²) in [4.78, 5) is 22.9. The highest BCUT2D eigenvalue weighted by Gasteiger charge is 2.28. The Morgan fingerprint density at radius 3 is 2.28 bits per heavy atom. The fourth-order valence-electron chi connectivity index (χ4n) is 2.55. The number of hydrogen-bond acceptors (Lipinski definition) is 7. The van der Waals surface area contributed by atoms with Gasteiger partial charge in [0.05, 0.1) is 14.2 Å². The van der Waals surface area contributed by atoms with Crippen molar-refractivity contribution in [1.29, 1.82) is 5.41 Å². The number of carboxylic acids is 2. The van der Waals surface area contributed by atoms with Gasteiger partial charge in [-0.15, -0.1) is 0 Å². The van der Waals surface area contributed by atoms with Gasteiger partial charge in [0.1, 0.15) is 11.6 Å². The molecule has 0 fully saturated rings. The number of amidine groups is 1. The molecule has 0 aromatic heterocycles. The Bertz CT molecular complexity index is 913. The standard InChI is InChI=1S/C19H21N3O7/c1-27-12-7-13(17(14(8-12)28-2)29-9-15(23)24)16(19(25)26)22-11-5-3-10(4-6-11)18(20)21/h3-8,16,22H,9H2,1-2H3,(H3,20,21)(H,23,24)(H,25,26). The minimum absolute atomic E-state index is 0.0315. The Morgan fingerprint density at radius 1 is 1.14 bits per heavy atom. The predicted molar refractivity (Wildman–Crippen MR) is 104 cm³/mol. The largest absolute Gasteiger partial charge is 0.497 e. The van der Waals surface area contributed by atoms with Crippen molar-refractivity contribution >= 4 is 23.5 Å². The molecule has 29 heavy (non-hydrogen) atoms. The van der Waals surface area contributed by atoms with Gasteiger partial charge >= 0.3 is 11.9 Å². The Labute approximate surface area is 166 Å². The van der Waals surface area contributed by atoms with Gasteiger partial charge in [-0.05, 0) is 30.3 Å². The first kappa shape index (κ1) is 21.4. The maximum absolute atomic E-state index is 12.0. The van der Waals surface area contributed by atoms with Crippen molar-refractivity contribution in [3.05, 3.63) is 47.5 Å². The molecule has 154 valence electrons. The van der Waals surface area contributed by atoms with Gasteiger partial charge in [-0.1, -0.05) is 0 Å². The van der Waals surface area contributed by atoms with Crippen LogP contribution in [0.15, 0.2) is 36.4 Å². The van der Waals surface area contributed by atoms with Crippen LogP contribution in [0.3, 0.4) is 0 Å². The van der Waals surface area contributed by atoms with Crippen molar-refractivity contribution < 1.29 is 34.0 Å². The van der Waals surface area contributed by atoms with Gasteiger partial charge in [-0.25, -0.2) is 9.59 Å². The number of aliphatic carboxylic acids is 2. The number of carboxylic acid groups (broad SMARTS) is 2. The summed E-state index contributed by atoms with van der Waals surface area (Å²) in [6.07, 6.45) is 0. The van der Waals surface area contributed by atoms with Crippen LogP contribution in [0.25, 0.3) is 0 Å². The summed E-state index contributed by atoms with van der Waals surface area (Å²) in [5.41, 5.74) is 6.46. The van der Waals surface area contributed by atoms with Gasteiger partial charge in [0.2, 0.25) is 0 Å². The number of methoxy groups -OCH3 is 2. The van der Waals surface area contributed by atoms with Crippen LogP contribution in [-0.2, 0) is 9.59 Å². The molecule has 1 unspecified atom stereocenters. The number of benzene rings is 2. The summed E-state index contributed by atoms with van der Waals surface area (Å²) in [5, 5.41) is 29.0. The molecule has 10 heteroatoms. The smallest absolute Gasteiger partial charge is 0.341 e. The molecular weight excluding hydrogens is 382 g/mol. The van der Waals surface area contributed by atoms with E-state index in [1.165, 1.54) is 26.4 Å². The molecule has 6 N–H and O–H groups in total. The highest BCUT2D eigenvalue weighted by molar-refractivity contribution is 5.95. The van der Waals surface area contributed by atoms with Crippen LogP contribution in [-0.4, -0.2) is 48.8 Å². The monoisotopic (exact) mass is 403 g/mol. The zero-order valence-electron chi connectivity index (χ0n) is 15.8. The number of rotatable bonds is 10. The van der Waals surface area contributed by atoms with E-state index in [2.05, 4.69) is 5.32 Å². The highest BCUT2D eigenvalue weighted by atomic mass is 16.5. The Kier molecular flexibility index (Phi) is 6.85. The zero-order valence-corrected chi connectivity index (χ0v) is 15.8. The molecular formula is C19H21N3O7. The lowest BCUT2D eigenvalue weighted by molar-refractivity contribution is -0.139. The quantitative estimate of drug-likeness (QED) is 0.293. The summed E-state index contributed by atoms with van der Waals surface area (Å²) in [5.74, 6) is -2.19. The average Bonchev–Trinajstić information content (AvgIpc) is 2.69. The molecule has 0 bridgehead atoms. The SMILES string of the molecule is COc1cc(OC)c(OCC(=O)O)c(C(Nc2ccc(C(=N)N)cc2)C(=O)O)c1. The number of hydrogen-bond donors (Lipinski definition) is 5. The van der Waals surface area contributed by atoms with Crippen molar-refractivity contribution in [2.75, 3.05) is 26.1 Å². The van der Waals surface area contributed by atoms with Crippen LogP contribution >= 0.6 is 0 Å². The fourth-order valence-corrected chi connectivity index (χ4v) is 2.55. The first-order valence-corrected chi connectivity index (χ1v) is 8.31. The average molecular weight is 403 g/mol. The molecule has 0 aliphatic carbocycles. The molecule has 0 amide bonds. The van der Waals surface area contributed by atoms with Crippen LogP contribution in [0, 0.1) is 5.41 Å². The van der Waals surface area contributed by atoms with E-state index in [-0.39, 0.29) is 22.9 Å². The van der Waals surface area contributed by atoms with Crippen molar-refractivity contribution in [3.8, 4) is 17.2 Å². The molecule has 10 nitrogen and oxygen atoms in total. The van der Waals surface area contributed by atoms with Gasteiger partial charge in [0.15, 0.2) is 24.1 Å². The number of nitrogens with two attached hydrogens (primary N) is 1. The van der Waals surface area contributed by atoms with Crippen molar-refractivity contribution in [3.63, 3.8) is 0 Å². The minimum atomic E-state index is -1.31. The van der Waals surface area contributed by atoms with Crippen LogP contribution < -0.4 is 25.3 Å². The fraction of sp³-hybridized carbons (Fsp3) is 0.211. The lowest BCUT2D eigenvalue weighted by atomic mass is 10.0. The summed E-state index contributed by atoms with van der Waals surface area (Å²) in [7, 11) is 2.75. The normalized spacial score (nSPS) is 11.2. The summed E-state index contributed by atoms with van der Waals surface area (Å²) < 4.78 is 15.7. The molecule has 1 atom stereocenters.